The van der Waals surface area contributed by atoms with Crippen molar-refractivity contribution in [1.29, 1.82) is 0 Å². The molecule has 0 aromatic rings. The fourth-order valence-electron chi connectivity index (χ4n) is 1.33. The molecule has 0 N–H and O–H groups in total. The first-order valence-corrected chi connectivity index (χ1v) is 9.57. The van der Waals surface area contributed by atoms with Crippen molar-refractivity contribution < 1.29 is 0 Å². The van der Waals surface area contributed by atoms with Crippen LogP contribution in [0.3, 0.4) is 0 Å². The fourth-order valence-corrected chi connectivity index (χ4v) is 2.85. The van der Waals surface area contributed by atoms with Crippen molar-refractivity contribution in [2.75, 3.05) is 6.16 Å². The molecule has 12 heavy (non-hydrogen) atoms. The van der Waals surface area contributed by atoms with Gasteiger partial charge in [0.2, 0.25) is 0 Å². The minimum Gasteiger partial charge on any atom is -0.0654 e. The van der Waals surface area contributed by atoms with E-state index < -0.39 is 0 Å². The minimum absolute atomic E-state index is 1.14. The van der Waals surface area contributed by atoms with E-state index in [4.69, 9.17) is 0 Å². The summed E-state index contributed by atoms with van der Waals surface area (Å²) in [6.45, 7) is 2.28. The first kappa shape index (κ1) is 13.2. The van der Waals surface area contributed by atoms with Crippen molar-refractivity contribution >= 4 is 28.3 Å². The molecule has 0 nitrogen and oxygen atoms in total. The van der Waals surface area contributed by atoms with Gasteiger partial charge in [-0.2, -0.15) is 0 Å². The molecule has 0 aliphatic heterocycles. The molecule has 0 aromatic carbocycles. The van der Waals surface area contributed by atoms with Gasteiger partial charge in [-0.1, -0.05) is 80.1 Å². The Bertz CT molecular complexity index is 66.2. The summed E-state index contributed by atoms with van der Waals surface area (Å²) in [6.07, 6.45) is 14.2. The SMILES string of the molecule is CCCCCCCCCCPI. The summed E-state index contributed by atoms with van der Waals surface area (Å²) in [5, 5.41) is 0. The van der Waals surface area contributed by atoms with Crippen LogP contribution in [0.5, 0.6) is 0 Å². The van der Waals surface area contributed by atoms with Gasteiger partial charge in [-0.25, -0.2) is 0 Å². The lowest BCUT2D eigenvalue weighted by atomic mass is 10.1. The monoisotopic (exact) mass is 300 g/mol. The van der Waals surface area contributed by atoms with Gasteiger partial charge >= 0.3 is 0 Å². The third-order valence-electron chi connectivity index (χ3n) is 2.12. The van der Waals surface area contributed by atoms with E-state index in [1.165, 1.54) is 57.5 Å². The third-order valence-corrected chi connectivity index (χ3v) is 4.29. The summed E-state index contributed by atoms with van der Waals surface area (Å²) in [5.74, 6) is 0. The van der Waals surface area contributed by atoms with Gasteiger partial charge in [-0.15, -0.1) is 0 Å². The van der Waals surface area contributed by atoms with E-state index >= 15 is 0 Å². The van der Waals surface area contributed by atoms with Crippen molar-refractivity contribution in [1.82, 2.24) is 0 Å². The zero-order valence-corrected chi connectivity index (χ0v) is 11.4. The van der Waals surface area contributed by atoms with Crippen LogP contribution >= 0.6 is 28.3 Å². The number of unbranched alkanes of at least 4 members (excludes halogenated alkanes) is 7. The molecule has 0 heterocycles. The molecule has 0 spiro atoms. The van der Waals surface area contributed by atoms with Crippen LogP contribution in [-0.2, 0) is 0 Å². The highest BCUT2D eigenvalue weighted by Crippen LogP contribution is 2.22. The Hall–Kier alpha value is 1.16. The quantitative estimate of drug-likeness (QED) is 0.313. The van der Waals surface area contributed by atoms with Crippen LogP contribution < -0.4 is 0 Å². The van der Waals surface area contributed by atoms with Gasteiger partial charge in [0.05, 0.1) is 0 Å². The lowest BCUT2D eigenvalue weighted by molar-refractivity contribution is 0.586. The van der Waals surface area contributed by atoms with E-state index in [2.05, 4.69) is 29.0 Å². The molecule has 1 unspecified atom stereocenters. The highest BCUT2D eigenvalue weighted by atomic mass is 127. The Labute approximate surface area is 92.5 Å². The van der Waals surface area contributed by atoms with Gasteiger partial charge in [0.1, 0.15) is 0 Å². The van der Waals surface area contributed by atoms with Gasteiger partial charge < -0.3 is 0 Å². The average Bonchev–Trinajstić information content (AvgIpc) is 2.10. The predicted octanol–water partition coefficient (Wildman–Crippen LogP) is 5.16. The Kier molecular flexibility index (Phi) is 13.3. The van der Waals surface area contributed by atoms with Crippen molar-refractivity contribution in [2.45, 2.75) is 58.3 Å². The highest BCUT2D eigenvalue weighted by Gasteiger charge is 1.90. The minimum atomic E-state index is 1.14. The van der Waals surface area contributed by atoms with E-state index in [1.54, 1.807) is 0 Å². The molecule has 0 aromatic heterocycles. The van der Waals surface area contributed by atoms with Crippen LogP contribution in [-0.4, -0.2) is 6.16 Å². The molecule has 0 fully saturated rings. The van der Waals surface area contributed by atoms with Crippen molar-refractivity contribution in [3.05, 3.63) is 0 Å². The molecule has 0 saturated heterocycles. The maximum atomic E-state index is 2.49. The van der Waals surface area contributed by atoms with E-state index in [0.717, 1.165) is 6.22 Å². The lowest BCUT2D eigenvalue weighted by Gasteiger charge is -1.99. The third kappa shape index (κ3) is 11.2. The van der Waals surface area contributed by atoms with E-state index in [9.17, 15) is 0 Å². The summed E-state index contributed by atoms with van der Waals surface area (Å²) in [6, 6.07) is 0. The molecule has 0 saturated carbocycles. The number of hydrogen-bond acceptors (Lipinski definition) is 0. The molecular weight excluding hydrogens is 278 g/mol. The molecule has 0 rings (SSSR count). The molecule has 0 amide bonds. The molecule has 2 heteroatoms. The van der Waals surface area contributed by atoms with Crippen molar-refractivity contribution in [3.63, 3.8) is 0 Å². The lowest BCUT2D eigenvalue weighted by Crippen LogP contribution is -1.80. The Morgan fingerprint density at radius 2 is 1.33 bits per heavy atom. The number of hydrogen-bond donors (Lipinski definition) is 0. The summed E-state index contributed by atoms with van der Waals surface area (Å²) in [7, 11) is 0. The Morgan fingerprint density at radius 3 is 1.83 bits per heavy atom. The van der Waals surface area contributed by atoms with Crippen LogP contribution in [0, 0.1) is 0 Å². The molecule has 1 atom stereocenters. The Morgan fingerprint density at radius 1 is 0.833 bits per heavy atom. The molecule has 74 valence electrons. The van der Waals surface area contributed by atoms with Gasteiger partial charge in [-0.3, -0.25) is 0 Å². The van der Waals surface area contributed by atoms with Crippen LogP contribution in [0.1, 0.15) is 58.3 Å². The normalized spacial score (nSPS) is 11.5. The van der Waals surface area contributed by atoms with E-state index in [0.29, 0.717) is 0 Å². The smallest absolute Gasteiger partial charge is 0.0263 e. The average molecular weight is 300 g/mol. The molecule has 0 aliphatic carbocycles. The topological polar surface area (TPSA) is 0 Å². The first-order chi connectivity index (χ1) is 5.91. The van der Waals surface area contributed by atoms with Gasteiger partial charge in [0.15, 0.2) is 0 Å². The Balaban J connectivity index is 2.73. The van der Waals surface area contributed by atoms with Crippen LogP contribution in [0.15, 0.2) is 0 Å². The van der Waals surface area contributed by atoms with Crippen LogP contribution in [0.4, 0.5) is 0 Å². The molecule has 0 bridgehead atoms. The fraction of sp³-hybridized carbons (Fsp3) is 1.00. The maximum Gasteiger partial charge on any atom is -0.0263 e. The van der Waals surface area contributed by atoms with E-state index in [-0.39, 0.29) is 0 Å². The van der Waals surface area contributed by atoms with Crippen LogP contribution in [0.25, 0.3) is 0 Å². The zero-order chi connectivity index (χ0) is 9.07. The van der Waals surface area contributed by atoms with E-state index in [1.807, 2.05) is 0 Å². The van der Waals surface area contributed by atoms with Gasteiger partial charge in [0.25, 0.3) is 0 Å². The highest BCUT2D eigenvalue weighted by molar-refractivity contribution is 14.2. The molecule has 0 aliphatic rings. The zero-order valence-electron chi connectivity index (χ0n) is 8.24. The van der Waals surface area contributed by atoms with Crippen molar-refractivity contribution in [2.24, 2.45) is 0 Å². The summed E-state index contributed by atoms with van der Waals surface area (Å²) >= 11 is 2.49. The largest absolute Gasteiger partial charge is 0.0654 e. The van der Waals surface area contributed by atoms with Gasteiger partial charge in [0, 0.05) is 0 Å². The van der Waals surface area contributed by atoms with Crippen molar-refractivity contribution in [3.8, 4) is 0 Å². The standard InChI is InChI=1S/C10H22IP/c1-2-3-4-5-6-7-8-9-10-12-11/h12H,2-10H2,1H3. The summed E-state index contributed by atoms with van der Waals surface area (Å²) in [4.78, 5) is 0. The summed E-state index contributed by atoms with van der Waals surface area (Å²) < 4.78 is 0. The molecule has 0 radical (unpaired) electrons. The second-order valence-corrected chi connectivity index (χ2v) is 6.41. The number of rotatable bonds is 9. The number of halogens is 1. The van der Waals surface area contributed by atoms with Crippen LogP contribution in [0.2, 0.25) is 0 Å². The second kappa shape index (κ2) is 12.2. The van der Waals surface area contributed by atoms with Gasteiger partial charge in [-0.05, 0) is 12.6 Å². The maximum absolute atomic E-state index is 2.49. The first-order valence-electron chi connectivity index (χ1n) is 5.25. The summed E-state index contributed by atoms with van der Waals surface area (Å²) in [5.41, 5.74) is 0. The molecular formula is C10H22IP. The second-order valence-electron chi connectivity index (χ2n) is 3.36. The predicted molar refractivity (Wildman–Crippen MR) is 69.8 cm³/mol.